The van der Waals surface area contributed by atoms with Gasteiger partial charge in [0.1, 0.15) is 6.61 Å². The van der Waals surface area contributed by atoms with Gasteiger partial charge in [0.2, 0.25) is 0 Å². The Morgan fingerprint density at radius 3 is 1.59 bits per heavy atom. The lowest BCUT2D eigenvalue weighted by Gasteiger charge is -2.01. The Labute approximate surface area is 108 Å². The van der Waals surface area contributed by atoms with Crippen LogP contribution in [-0.2, 0) is 0 Å². The van der Waals surface area contributed by atoms with Crippen molar-refractivity contribution in [2.24, 2.45) is 0 Å². The molecule has 0 rings (SSSR count). The second-order valence-electron chi connectivity index (χ2n) is 4.80. The van der Waals surface area contributed by atoms with Gasteiger partial charge in [-0.05, 0) is 6.42 Å². The van der Waals surface area contributed by atoms with E-state index in [-0.39, 0.29) is 6.61 Å². The molecule has 0 radical (unpaired) electrons. The fourth-order valence-electron chi connectivity index (χ4n) is 2.02. The Bertz CT molecular complexity index is 187. The standard InChI is InChI=1S/C16H30O/c1-2-3-4-5-6-7-8-9-10-11-12-13-14-15-16-17/h17H,2-13,16H2,1H3. The van der Waals surface area contributed by atoms with Gasteiger partial charge in [-0.1, -0.05) is 77.1 Å². The predicted octanol–water partition coefficient (Wildman–Crippen LogP) is 4.68. The summed E-state index contributed by atoms with van der Waals surface area (Å²) in [7, 11) is 0. The minimum absolute atomic E-state index is 0.0119. The first kappa shape index (κ1) is 16.5. The zero-order chi connectivity index (χ0) is 12.6. The molecular formula is C16H30O. The number of hydrogen-bond donors (Lipinski definition) is 1. The van der Waals surface area contributed by atoms with Crippen LogP contribution in [0.15, 0.2) is 0 Å². The van der Waals surface area contributed by atoms with Crippen LogP contribution in [0.2, 0.25) is 0 Å². The van der Waals surface area contributed by atoms with Crippen LogP contribution in [0.5, 0.6) is 0 Å². The Kier molecular flexibility index (Phi) is 15.1. The molecule has 0 spiro atoms. The monoisotopic (exact) mass is 238 g/mol. The van der Waals surface area contributed by atoms with Gasteiger partial charge in [-0.15, -0.1) is 5.92 Å². The fraction of sp³-hybridized carbons (Fsp3) is 0.875. The first-order valence-corrected chi connectivity index (χ1v) is 7.48. The molecule has 0 aliphatic heterocycles. The summed E-state index contributed by atoms with van der Waals surface area (Å²) in [4.78, 5) is 0. The number of unbranched alkanes of at least 4 members (excludes halogenated alkanes) is 11. The van der Waals surface area contributed by atoms with Crippen LogP contribution in [0.3, 0.4) is 0 Å². The molecule has 0 aromatic carbocycles. The van der Waals surface area contributed by atoms with Crippen molar-refractivity contribution in [3.8, 4) is 11.8 Å². The minimum atomic E-state index is 0.0119. The van der Waals surface area contributed by atoms with Crippen LogP contribution in [0.4, 0.5) is 0 Å². The van der Waals surface area contributed by atoms with Gasteiger partial charge in [0.15, 0.2) is 0 Å². The van der Waals surface area contributed by atoms with Crippen molar-refractivity contribution < 1.29 is 5.11 Å². The third-order valence-corrected chi connectivity index (χ3v) is 3.11. The molecule has 0 saturated carbocycles. The van der Waals surface area contributed by atoms with E-state index < -0.39 is 0 Å². The fourth-order valence-corrected chi connectivity index (χ4v) is 2.02. The van der Waals surface area contributed by atoms with Crippen molar-refractivity contribution in [2.45, 2.75) is 84.0 Å². The number of rotatable bonds is 11. The van der Waals surface area contributed by atoms with Gasteiger partial charge in [-0.3, -0.25) is 0 Å². The zero-order valence-corrected chi connectivity index (χ0v) is 11.6. The van der Waals surface area contributed by atoms with E-state index in [0.717, 1.165) is 6.42 Å². The average molecular weight is 238 g/mol. The third kappa shape index (κ3) is 15.5. The van der Waals surface area contributed by atoms with Crippen LogP contribution in [-0.4, -0.2) is 11.7 Å². The van der Waals surface area contributed by atoms with E-state index in [2.05, 4.69) is 18.8 Å². The van der Waals surface area contributed by atoms with Gasteiger partial charge in [0.25, 0.3) is 0 Å². The Balaban J connectivity index is 2.94. The normalized spacial score (nSPS) is 10.0. The van der Waals surface area contributed by atoms with E-state index in [1.165, 1.54) is 70.6 Å². The Morgan fingerprint density at radius 1 is 0.647 bits per heavy atom. The Morgan fingerprint density at radius 2 is 1.12 bits per heavy atom. The lowest BCUT2D eigenvalue weighted by Crippen LogP contribution is -1.82. The lowest BCUT2D eigenvalue weighted by atomic mass is 10.1. The number of hydrogen-bond acceptors (Lipinski definition) is 1. The van der Waals surface area contributed by atoms with E-state index in [0.29, 0.717) is 0 Å². The molecule has 0 heterocycles. The molecule has 1 nitrogen and oxygen atoms in total. The summed E-state index contributed by atoms with van der Waals surface area (Å²) in [6.45, 7) is 2.28. The summed E-state index contributed by atoms with van der Waals surface area (Å²) in [6.07, 6.45) is 16.1. The SMILES string of the molecule is CCCCCCCCCCCCCC#CCO. The molecule has 100 valence electrons. The summed E-state index contributed by atoms with van der Waals surface area (Å²) in [5.74, 6) is 5.66. The smallest absolute Gasteiger partial charge is 0.104 e. The van der Waals surface area contributed by atoms with E-state index in [9.17, 15) is 0 Å². The highest BCUT2D eigenvalue weighted by Gasteiger charge is 1.92. The molecule has 0 unspecified atom stereocenters. The maximum Gasteiger partial charge on any atom is 0.104 e. The van der Waals surface area contributed by atoms with Gasteiger partial charge < -0.3 is 5.11 Å². The first-order chi connectivity index (χ1) is 8.41. The highest BCUT2D eigenvalue weighted by Crippen LogP contribution is 2.11. The molecule has 0 bridgehead atoms. The lowest BCUT2D eigenvalue weighted by molar-refractivity contribution is 0.350. The Hall–Kier alpha value is -0.480. The number of aliphatic hydroxyl groups is 1. The van der Waals surface area contributed by atoms with Gasteiger partial charge in [0, 0.05) is 6.42 Å². The zero-order valence-electron chi connectivity index (χ0n) is 11.6. The largest absolute Gasteiger partial charge is 0.384 e. The van der Waals surface area contributed by atoms with E-state index >= 15 is 0 Å². The summed E-state index contributed by atoms with van der Waals surface area (Å²) in [6, 6.07) is 0. The quantitative estimate of drug-likeness (QED) is 0.409. The maximum atomic E-state index is 8.47. The first-order valence-electron chi connectivity index (χ1n) is 7.48. The van der Waals surface area contributed by atoms with Crippen molar-refractivity contribution in [2.75, 3.05) is 6.61 Å². The van der Waals surface area contributed by atoms with E-state index in [1.54, 1.807) is 0 Å². The summed E-state index contributed by atoms with van der Waals surface area (Å²) in [5, 5.41) is 8.47. The van der Waals surface area contributed by atoms with Gasteiger partial charge in [-0.2, -0.15) is 0 Å². The maximum absolute atomic E-state index is 8.47. The van der Waals surface area contributed by atoms with Crippen molar-refractivity contribution >= 4 is 0 Å². The molecule has 17 heavy (non-hydrogen) atoms. The third-order valence-electron chi connectivity index (χ3n) is 3.11. The molecule has 0 saturated heterocycles. The molecule has 0 atom stereocenters. The average Bonchev–Trinajstić information content (AvgIpc) is 2.35. The van der Waals surface area contributed by atoms with Crippen LogP contribution in [0.1, 0.15) is 84.0 Å². The van der Waals surface area contributed by atoms with Gasteiger partial charge in [-0.25, -0.2) is 0 Å². The molecular weight excluding hydrogens is 208 g/mol. The highest BCUT2D eigenvalue weighted by molar-refractivity contribution is 4.98. The van der Waals surface area contributed by atoms with Crippen molar-refractivity contribution in [1.29, 1.82) is 0 Å². The molecule has 0 aromatic rings. The second-order valence-corrected chi connectivity index (χ2v) is 4.80. The van der Waals surface area contributed by atoms with Crippen LogP contribution < -0.4 is 0 Å². The molecule has 0 aliphatic carbocycles. The minimum Gasteiger partial charge on any atom is -0.384 e. The molecule has 0 aliphatic rings. The molecule has 1 N–H and O–H groups in total. The van der Waals surface area contributed by atoms with E-state index in [1.807, 2.05) is 0 Å². The summed E-state index contributed by atoms with van der Waals surface area (Å²) in [5.41, 5.74) is 0. The molecule has 0 amide bonds. The van der Waals surface area contributed by atoms with Gasteiger partial charge in [0.05, 0.1) is 0 Å². The van der Waals surface area contributed by atoms with Gasteiger partial charge >= 0.3 is 0 Å². The van der Waals surface area contributed by atoms with E-state index in [4.69, 9.17) is 5.11 Å². The highest BCUT2D eigenvalue weighted by atomic mass is 16.2. The topological polar surface area (TPSA) is 20.2 Å². The van der Waals surface area contributed by atoms with Crippen molar-refractivity contribution in [3.05, 3.63) is 0 Å². The molecule has 0 fully saturated rings. The van der Waals surface area contributed by atoms with Crippen LogP contribution in [0, 0.1) is 11.8 Å². The van der Waals surface area contributed by atoms with Crippen molar-refractivity contribution in [1.82, 2.24) is 0 Å². The van der Waals surface area contributed by atoms with Crippen LogP contribution >= 0.6 is 0 Å². The van der Waals surface area contributed by atoms with Crippen molar-refractivity contribution in [3.63, 3.8) is 0 Å². The number of aliphatic hydroxyl groups excluding tert-OH is 1. The summed E-state index contributed by atoms with van der Waals surface area (Å²) >= 11 is 0. The second kappa shape index (κ2) is 15.5. The predicted molar refractivity (Wildman–Crippen MR) is 75.9 cm³/mol. The van der Waals surface area contributed by atoms with Crippen LogP contribution in [0.25, 0.3) is 0 Å². The molecule has 0 aromatic heterocycles. The molecule has 1 heteroatoms. The summed E-state index contributed by atoms with van der Waals surface area (Å²) < 4.78 is 0.